The summed E-state index contributed by atoms with van der Waals surface area (Å²) in [7, 11) is 0. The second kappa shape index (κ2) is 5.93. The van der Waals surface area contributed by atoms with Crippen LogP contribution < -0.4 is 5.73 Å². The third kappa shape index (κ3) is 2.91. The van der Waals surface area contributed by atoms with Crippen molar-refractivity contribution in [2.75, 3.05) is 18.1 Å². The van der Waals surface area contributed by atoms with Crippen molar-refractivity contribution in [2.24, 2.45) is 17.6 Å². The molecule has 2 aliphatic heterocycles. The zero-order valence-corrected chi connectivity index (χ0v) is 12.3. The summed E-state index contributed by atoms with van der Waals surface area (Å²) in [6.07, 6.45) is 3.81. The highest BCUT2D eigenvalue weighted by Crippen LogP contribution is 2.41. The first kappa shape index (κ1) is 14.4. The van der Waals surface area contributed by atoms with Crippen LogP contribution in [0.25, 0.3) is 0 Å². The Morgan fingerprint density at radius 1 is 1.61 bits per heavy atom. The zero-order valence-electron chi connectivity index (χ0n) is 11.5. The summed E-state index contributed by atoms with van der Waals surface area (Å²) >= 11 is 1.94. The molecule has 4 heteroatoms. The number of carbonyl (C=O) groups is 1. The third-order valence-electron chi connectivity index (χ3n) is 4.55. The number of hydrogen-bond acceptors (Lipinski definition) is 4. The second-order valence-electron chi connectivity index (χ2n) is 5.84. The second-order valence-corrected chi connectivity index (χ2v) is 6.94. The SMILES string of the molecule is CCC(C)C(N)C(=O)C1CCOC2(CCSC2)C1. The van der Waals surface area contributed by atoms with Crippen LogP contribution in [-0.2, 0) is 9.53 Å². The van der Waals surface area contributed by atoms with Gasteiger partial charge in [0, 0.05) is 18.3 Å². The van der Waals surface area contributed by atoms with Crippen LogP contribution in [0.5, 0.6) is 0 Å². The minimum absolute atomic E-state index is 0.0155. The number of rotatable bonds is 4. The Kier molecular flexibility index (Phi) is 4.73. The lowest BCUT2D eigenvalue weighted by Crippen LogP contribution is -2.47. The first-order chi connectivity index (χ1) is 8.58. The van der Waals surface area contributed by atoms with E-state index >= 15 is 0 Å². The maximum absolute atomic E-state index is 12.5. The maximum Gasteiger partial charge on any atom is 0.153 e. The first-order valence-electron chi connectivity index (χ1n) is 7.09. The van der Waals surface area contributed by atoms with Crippen molar-refractivity contribution in [1.29, 1.82) is 0 Å². The monoisotopic (exact) mass is 271 g/mol. The molecule has 1 spiro atoms. The Morgan fingerprint density at radius 2 is 2.39 bits per heavy atom. The quantitative estimate of drug-likeness (QED) is 0.852. The Hall–Kier alpha value is -0.0600. The van der Waals surface area contributed by atoms with E-state index in [0.29, 0.717) is 0 Å². The fourth-order valence-electron chi connectivity index (χ4n) is 2.94. The van der Waals surface area contributed by atoms with E-state index in [4.69, 9.17) is 10.5 Å². The lowest BCUT2D eigenvalue weighted by molar-refractivity contribution is -0.136. The van der Waals surface area contributed by atoms with Crippen LogP contribution in [0.1, 0.15) is 39.5 Å². The molecule has 0 radical (unpaired) electrons. The molecular weight excluding hydrogens is 246 g/mol. The Labute approximate surface area is 114 Å². The average molecular weight is 271 g/mol. The van der Waals surface area contributed by atoms with Crippen molar-refractivity contribution in [3.8, 4) is 0 Å². The van der Waals surface area contributed by atoms with E-state index in [1.807, 2.05) is 11.8 Å². The first-order valence-corrected chi connectivity index (χ1v) is 8.24. The fourth-order valence-corrected chi connectivity index (χ4v) is 4.32. The van der Waals surface area contributed by atoms with Crippen LogP contribution in [0.15, 0.2) is 0 Å². The number of carbonyl (C=O) groups excluding carboxylic acids is 1. The summed E-state index contributed by atoms with van der Waals surface area (Å²) in [5, 5.41) is 0. The van der Waals surface area contributed by atoms with Crippen molar-refractivity contribution in [1.82, 2.24) is 0 Å². The Morgan fingerprint density at radius 3 is 3.00 bits per heavy atom. The summed E-state index contributed by atoms with van der Waals surface area (Å²) in [5.74, 6) is 2.90. The molecule has 0 aromatic heterocycles. The van der Waals surface area contributed by atoms with E-state index in [-0.39, 0.29) is 29.3 Å². The van der Waals surface area contributed by atoms with Gasteiger partial charge in [0.05, 0.1) is 11.6 Å². The molecule has 0 bridgehead atoms. The van der Waals surface area contributed by atoms with E-state index in [0.717, 1.165) is 38.0 Å². The van der Waals surface area contributed by atoms with Gasteiger partial charge >= 0.3 is 0 Å². The zero-order chi connectivity index (χ0) is 13.2. The summed E-state index contributed by atoms with van der Waals surface area (Å²) in [4.78, 5) is 12.5. The average Bonchev–Trinajstić information content (AvgIpc) is 2.84. The van der Waals surface area contributed by atoms with Crippen LogP contribution in [0.2, 0.25) is 0 Å². The van der Waals surface area contributed by atoms with E-state index in [9.17, 15) is 4.79 Å². The molecule has 18 heavy (non-hydrogen) atoms. The van der Waals surface area contributed by atoms with E-state index < -0.39 is 0 Å². The van der Waals surface area contributed by atoms with E-state index in [2.05, 4.69) is 13.8 Å². The molecule has 0 aromatic rings. The molecule has 4 unspecified atom stereocenters. The molecule has 0 aromatic carbocycles. The third-order valence-corrected chi connectivity index (χ3v) is 5.77. The molecule has 2 saturated heterocycles. The minimum Gasteiger partial charge on any atom is -0.374 e. The molecule has 0 saturated carbocycles. The van der Waals surface area contributed by atoms with Gasteiger partial charge in [0.15, 0.2) is 5.78 Å². The summed E-state index contributed by atoms with van der Waals surface area (Å²) in [6, 6.07) is -0.288. The van der Waals surface area contributed by atoms with Gasteiger partial charge in [-0.3, -0.25) is 4.79 Å². The van der Waals surface area contributed by atoms with Gasteiger partial charge in [-0.15, -0.1) is 0 Å². The van der Waals surface area contributed by atoms with Crippen molar-refractivity contribution >= 4 is 17.5 Å². The lowest BCUT2D eigenvalue weighted by Gasteiger charge is -2.38. The molecule has 2 fully saturated rings. The largest absolute Gasteiger partial charge is 0.374 e. The molecule has 104 valence electrons. The van der Waals surface area contributed by atoms with Crippen LogP contribution in [-0.4, -0.2) is 35.5 Å². The molecular formula is C14H25NO2S. The lowest BCUT2D eigenvalue weighted by atomic mass is 9.79. The van der Waals surface area contributed by atoms with Crippen LogP contribution >= 0.6 is 11.8 Å². The van der Waals surface area contributed by atoms with Crippen LogP contribution in [0.3, 0.4) is 0 Å². The maximum atomic E-state index is 12.5. The number of ketones is 1. The highest BCUT2D eigenvalue weighted by atomic mass is 32.2. The molecule has 0 aliphatic carbocycles. The smallest absolute Gasteiger partial charge is 0.153 e. The van der Waals surface area contributed by atoms with Crippen molar-refractivity contribution in [3.05, 3.63) is 0 Å². The molecule has 2 heterocycles. The highest BCUT2D eigenvalue weighted by molar-refractivity contribution is 7.99. The molecule has 2 aliphatic rings. The van der Waals surface area contributed by atoms with Crippen LogP contribution in [0.4, 0.5) is 0 Å². The number of hydrogen-bond donors (Lipinski definition) is 1. The molecule has 3 nitrogen and oxygen atoms in total. The number of thioether (sulfide) groups is 1. The van der Waals surface area contributed by atoms with Gasteiger partial charge in [-0.05, 0) is 30.9 Å². The summed E-state index contributed by atoms with van der Waals surface area (Å²) < 4.78 is 5.96. The van der Waals surface area contributed by atoms with E-state index in [1.165, 1.54) is 5.75 Å². The topological polar surface area (TPSA) is 52.3 Å². The van der Waals surface area contributed by atoms with Crippen molar-refractivity contribution in [2.45, 2.75) is 51.2 Å². The fraction of sp³-hybridized carbons (Fsp3) is 0.929. The summed E-state index contributed by atoms with van der Waals surface area (Å²) in [5.41, 5.74) is 6.08. The van der Waals surface area contributed by atoms with Gasteiger partial charge in [-0.25, -0.2) is 0 Å². The summed E-state index contributed by atoms with van der Waals surface area (Å²) in [6.45, 7) is 4.89. The van der Waals surface area contributed by atoms with E-state index in [1.54, 1.807) is 0 Å². The normalized spacial score (nSPS) is 35.6. The number of ether oxygens (including phenoxy) is 1. The predicted octanol–water partition coefficient (Wildman–Crippen LogP) is 2.23. The molecule has 0 amide bonds. The van der Waals surface area contributed by atoms with Gasteiger partial charge in [0.1, 0.15) is 0 Å². The van der Waals surface area contributed by atoms with Gasteiger partial charge in [0.2, 0.25) is 0 Å². The Bertz CT molecular complexity index is 302. The van der Waals surface area contributed by atoms with Gasteiger partial charge in [0.25, 0.3) is 0 Å². The van der Waals surface area contributed by atoms with Gasteiger partial charge in [-0.2, -0.15) is 11.8 Å². The predicted molar refractivity (Wildman–Crippen MR) is 75.8 cm³/mol. The standard InChI is InChI=1S/C14H25NO2S/c1-3-10(2)12(15)13(16)11-4-6-17-14(8-11)5-7-18-9-14/h10-12H,3-9,15H2,1-2H3. The van der Waals surface area contributed by atoms with Crippen LogP contribution in [0, 0.1) is 11.8 Å². The molecule has 2 N–H and O–H groups in total. The Balaban J connectivity index is 1.98. The van der Waals surface area contributed by atoms with Crippen molar-refractivity contribution in [3.63, 3.8) is 0 Å². The molecule has 4 atom stereocenters. The highest BCUT2D eigenvalue weighted by Gasteiger charge is 2.43. The minimum atomic E-state index is -0.288. The number of nitrogens with two attached hydrogens (primary N) is 1. The van der Waals surface area contributed by atoms with Crippen molar-refractivity contribution < 1.29 is 9.53 Å². The van der Waals surface area contributed by atoms with Gasteiger partial charge in [-0.1, -0.05) is 20.3 Å². The number of Topliss-reactive ketones (excluding diaryl/α,β-unsaturated/α-hetero) is 1. The molecule has 2 rings (SSSR count). The van der Waals surface area contributed by atoms with Gasteiger partial charge < -0.3 is 10.5 Å².